The summed E-state index contributed by atoms with van der Waals surface area (Å²) >= 11 is 0. The summed E-state index contributed by atoms with van der Waals surface area (Å²) in [6.07, 6.45) is -0.0958. The van der Waals surface area contributed by atoms with Crippen molar-refractivity contribution in [3.63, 3.8) is 0 Å². The third-order valence-electron chi connectivity index (χ3n) is 1.03. The molecule has 3 nitrogen and oxygen atoms in total. The summed E-state index contributed by atoms with van der Waals surface area (Å²) in [5.74, 6) is -0.736. The maximum Gasteiger partial charge on any atom is 0.311 e. The molecular formula is C7H14O3. The summed E-state index contributed by atoms with van der Waals surface area (Å²) in [6.45, 7) is 5.04. The molecule has 3 heteroatoms. The normalized spacial score (nSPS) is 13.3. The summed E-state index contributed by atoms with van der Waals surface area (Å²) in [7, 11) is 0. The molecular weight excluding hydrogens is 132 g/mol. The fraction of sp³-hybridized carbons (Fsp3) is 0.857. The molecule has 0 spiro atoms. The van der Waals surface area contributed by atoms with Crippen molar-refractivity contribution in [1.29, 1.82) is 0 Å². The van der Waals surface area contributed by atoms with E-state index in [1.165, 1.54) is 0 Å². The van der Waals surface area contributed by atoms with Gasteiger partial charge in [0.25, 0.3) is 0 Å². The summed E-state index contributed by atoms with van der Waals surface area (Å²) < 4.78 is 4.80. The first-order valence-electron chi connectivity index (χ1n) is 3.39. The molecule has 0 bridgehead atoms. The maximum atomic E-state index is 10.8. The predicted molar refractivity (Wildman–Crippen MR) is 37.5 cm³/mol. The first-order valence-corrected chi connectivity index (χ1v) is 3.39. The molecule has 0 heterocycles. The van der Waals surface area contributed by atoms with Crippen molar-refractivity contribution in [3.8, 4) is 0 Å². The van der Waals surface area contributed by atoms with Gasteiger partial charge in [-0.15, -0.1) is 0 Å². The van der Waals surface area contributed by atoms with Gasteiger partial charge in [0.15, 0.2) is 0 Å². The highest BCUT2D eigenvalue weighted by molar-refractivity contribution is 5.72. The molecule has 1 atom stereocenters. The van der Waals surface area contributed by atoms with Gasteiger partial charge >= 0.3 is 5.97 Å². The Labute approximate surface area is 61.0 Å². The molecule has 0 aromatic rings. The number of carbonyl (C=O) groups is 1. The van der Waals surface area contributed by atoms with Crippen LogP contribution in [0.5, 0.6) is 0 Å². The number of hydrogen-bond donors (Lipinski definition) is 1. The van der Waals surface area contributed by atoms with Crippen molar-refractivity contribution in [3.05, 3.63) is 0 Å². The van der Waals surface area contributed by atoms with Gasteiger partial charge in [-0.05, 0) is 20.8 Å². The van der Waals surface area contributed by atoms with Crippen LogP contribution in [0.1, 0.15) is 20.8 Å². The number of aliphatic hydroxyl groups excluding tert-OH is 1. The van der Waals surface area contributed by atoms with Crippen molar-refractivity contribution in [2.45, 2.75) is 26.9 Å². The highest BCUT2D eigenvalue weighted by Gasteiger charge is 2.13. The standard InChI is InChI=1S/C7H14O3/c1-5(2)10-7(9)6(3)4-8/h5-6,8H,4H2,1-3H3/t6-/m1/s1. The van der Waals surface area contributed by atoms with Crippen LogP contribution in [0, 0.1) is 5.92 Å². The number of carbonyl (C=O) groups excluding carboxylic acids is 1. The lowest BCUT2D eigenvalue weighted by atomic mass is 10.2. The Kier molecular flexibility index (Phi) is 4.03. The van der Waals surface area contributed by atoms with E-state index in [1.807, 2.05) is 0 Å². The molecule has 0 aliphatic rings. The van der Waals surface area contributed by atoms with Crippen LogP contribution in [-0.2, 0) is 9.53 Å². The lowest BCUT2D eigenvalue weighted by Gasteiger charge is -2.10. The molecule has 0 saturated carbocycles. The fourth-order valence-electron chi connectivity index (χ4n) is 0.423. The van der Waals surface area contributed by atoms with Gasteiger partial charge in [0, 0.05) is 0 Å². The molecule has 0 aliphatic heterocycles. The van der Waals surface area contributed by atoms with Crippen molar-refractivity contribution >= 4 is 5.97 Å². The van der Waals surface area contributed by atoms with E-state index >= 15 is 0 Å². The zero-order valence-corrected chi connectivity index (χ0v) is 6.63. The molecule has 0 aromatic carbocycles. The summed E-state index contributed by atoms with van der Waals surface area (Å²) in [5, 5.41) is 8.52. The van der Waals surface area contributed by atoms with Gasteiger partial charge in [-0.2, -0.15) is 0 Å². The number of hydrogen-bond acceptors (Lipinski definition) is 3. The lowest BCUT2D eigenvalue weighted by molar-refractivity contribution is -0.152. The second-order valence-corrected chi connectivity index (χ2v) is 2.57. The summed E-state index contributed by atoms with van der Waals surface area (Å²) in [4.78, 5) is 10.8. The quantitative estimate of drug-likeness (QED) is 0.592. The minimum Gasteiger partial charge on any atom is -0.463 e. The lowest BCUT2D eigenvalue weighted by Crippen LogP contribution is -2.21. The van der Waals surface area contributed by atoms with Crippen LogP contribution in [0.25, 0.3) is 0 Å². The highest BCUT2D eigenvalue weighted by atomic mass is 16.5. The second kappa shape index (κ2) is 4.28. The number of rotatable bonds is 3. The van der Waals surface area contributed by atoms with E-state index in [0.29, 0.717) is 0 Å². The Morgan fingerprint density at radius 2 is 2.00 bits per heavy atom. The van der Waals surface area contributed by atoms with E-state index in [0.717, 1.165) is 0 Å². The van der Waals surface area contributed by atoms with E-state index in [9.17, 15) is 4.79 Å². The van der Waals surface area contributed by atoms with Crippen LogP contribution in [0.2, 0.25) is 0 Å². The Morgan fingerprint density at radius 3 is 2.30 bits per heavy atom. The second-order valence-electron chi connectivity index (χ2n) is 2.57. The van der Waals surface area contributed by atoms with Gasteiger partial charge in [0.2, 0.25) is 0 Å². The molecule has 0 amide bonds. The van der Waals surface area contributed by atoms with Crippen LogP contribution in [-0.4, -0.2) is 23.8 Å². The molecule has 0 saturated heterocycles. The Balaban J connectivity index is 3.62. The monoisotopic (exact) mass is 146 g/mol. The van der Waals surface area contributed by atoms with Crippen LogP contribution in [0.15, 0.2) is 0 Å². The minimum atomic E-state index is -0.401. The molecule has 0 fully saturated rings. The van der Waals surface area contributed by atoms with Crippen LogP contribution >= 0.6 is 0 Å². The fourth-order valence-corrected chi connectivity index (χ4v) is 0.423. The van der Waals surface area contributed by atoms with E-state index in [4.69, 9.17) is 9.84 Å². The van der Waals surface area contributed by atoms with Crippen molar-refractivity contribution in [2.24, 2.45) is 5.92 Å². The van der Waals surface area contributed by atoms with E-state index in [1.54, 1.807) is 20.8 Å². The largest absolute Gasteiger partial charge is 0.463 e. The van der Waals surface area contributed by atoms with Gasteiger partial charge in [0.05, 0.1) is 18.6 Å². The van der Waals surface area contributed by atoms with Crippen LogP contribution in [0.3, 0.4) is 0 Å². The molecule has 0 aliphatic carbocycles. The predicted octanol–water partition coefficient (Wildman–Crippen LogP) is 0.566. The minimum absolute atomic E-state index is 0.0958. The Bertz CT molecular complexity index is 109. The first-order chi connectivity index (χ1) is 4.57. The summed E-state index contributed by atoms with van der Waals surface area (Å²) in [6, 6.07) is 0. The van der Waals surface area contributed by atoms with Gasteiger partial charge < -0.3 is 9.84 Å². The van der Waals surface area contributed by atoms with E-state index in [-0.39, 0.29) is 18.7 Å². The van der Waals surface area contributed by atoms with E-state index in [2.05, 4.69) is 0 Å². The maximum absolute atomic E-state index is 10.8. The average molecular weight is 146 g/mol. The molecule has 10 heavy (non-hydrogen) atoms. The molecule has 0 unspecified atom stereocenters. The van der Waals surface area contributed by atoms with Gasteiger partial charge in [-0.1, -0.05) is 0 Å². The Hall–Kier alpha value is -0.570. The SMILES string of the molecule is CC(C)OC(=O)[C@H](C)CO. The first kappa shape index (κ1) is 9.43. The van der Waals surface area contributed by atoms with Gasteiger partial charge in [-0.25, -0.2) is 0 Å². The molecule has 1 N–H and O–H groups in total. The van der Waals surface area contributed by atoms with Gasteiger partial charge in [0.1, 0.15) is 0 Å². The highest BCUT2D eigenvalue weighted by Crippen LogP contribution is 1.99. The summed E-state index contributed by atoms with van der Waals surface area (Å²) in [5.41, 5.74) is 0. The van der Waals surface area contributed by atoms with Crippen molar-refractivity contribution in [2.75, 3.05) is 6.61 Å². The zero-order chi connectivity index (χ0) is 8.15. The van der Waals surface area contributed by atoms with Crippen molar-refractivity contribution in [1.82, 2.24) is 0 Å². The topological polar surface area (TPSA) is 46.5 Å². The number of ether oxygens (including phenoxy) is 1. The molecule has 0 aromatic heterocycles. The Morgan fingerprint density at radius 1 is 1.50 bits per heavy atom. The van der Waals surface area contributed by atoms with Crippen molar-refractivity contribution < 1.29 is 14.6 Å². The van der Waals surface area contributed by atoms with E-state index < -0.39 is 5.92 Å². The number of aliphatic hydroxyl groups is 1. The molecule has 0 radical (unpaired) electrons. The third-order valence-corrected chi connectivity index (χ3v) is 1.03. The van der Waals surface area contributed by atoms with Crippen LogP contribution < -0.4 is 0 Å². The van der Waals surface area contributed by atoms with Gasteiger partial charge in [-0.3, -0.25) is 4.79 Å². The number of esters is 1. The van der Waals surface area contributed by atoms with Crippen LogP contribution in [0.4, 0.5) is 0 Å². The smallest absolute Gasteiger partial charge is 0.311 e. The average Bonchev–Trinajstić information content (AvgIpc) is 1.85. The zero-order valence-electron chi connectivity index (χ0n) is 6.63. The third kappa shape index (κ3) is 3.45. The molecule has 0 rings (SSSR count). The molecule has 60 valence electrons.